The fraction of sp³-hybridized carbons (Fsp3) is 1.00. The predicted molar refractivity (Wildman–Crippen MR) is 57.3 cm³/mol. The van der Waals surface area contributed by atoms with Crippen LogP contribution in [0, 0.1) is 17.8 Å². The summed E-state index contributed by atoms with van der Waals surface area (Å²) in [5.74, 6) is 3.17. The van der Waals surface area contributed by atoms with Gasteiger partial charge in [0, 0.05) is 0 Å². The third-order valence-electron chi connectivity index (χ3n) is 2.91. The van der Waals surface area contributed by atoms with Gasteiger partial charge in [0.1, 0.15) is 0 Å². The van der Waals surface area contributed by atoms with Gasteiger partial charge in [-0.3, -0.25) is 0 Å². The van der Waals surface area contributed by atoms with E-state index in [1.165, 1.54) is 25.7 Å². The van der Waals surface area contributed by atoms with Gasteiger partial charge in [-0.1, -0.05) is 53.9 Å². The minimum Gasteiger partial charge on any atom is -0.0683 e. The van der Waals surface area contributed by atoms with Gasteiger partial charge in [-0.25, -0.2) is 0 Å². The van der Waals surface area contributed by atoms with E-state index in [1.54, 1.807) is 0 Å². The van der Waals surface area contributed by atoms with Crippen LogP contribution in [0.25, 0.3) is 0 Å². The quantitative estimate of drug-likeness (QED) is 0.502. The van der Waals surface area contributed by atoms with E-state index in [0.717, 1.165) is 17.8 Å². The summed E-state index contributed by atoms with van der Waals surface area (Å²) in [6.07, 6.45) is 5.93. The zero-order valence-corrected chi connectivity index (χ0v) is 9.56. The van der Waals surface area contributed by atoms with Crippen molar-refractivity contribution >= 4 is 0 Å². The molecule has 2 rings (SSSR count). The van der Waals surface area contributed by atoms with Crippen molar-refractivity contribution in [3.05, 3.63) is 0 Å². The molecule has 0 heteroatoms. The first kappa shape index (κ1) is 12.0. The smallest absolute Gasteiger partial charge is 0.0414 e. The van der Waals surface area contributed by atoms with Crippen molar-refractivity contribution in [3.8, 4) is 0 Å². The fourth-order valence-electron chi connectivity index (χ4n) is 1.12. The molecule has 0 nitrogen and oxygen atoms in total. The molecule has 0 aliphatic heterocycles. The summed E-state index contributed by atoms with van der Waals surface area (Å²) in [6, 6.07) is 0. The normalized spacial score (nSPS) is 31.8. The van der Waals surface area contributed by atoms with Gasteiger partial charge in [-0.15, -0.1) is 0 Å². The van der Waals surface area contributed by atoms with E-state index in [-0.39, 0.29) is 0 Å². The van der Waals surface area contributed by atoms with Crippen molar-refractivity contribution in [2.24, 2.45) is 17.8 Å². The van der Waals surface area contributed by atoms with Gasteiger partial charge in [0.05, 0.1) is 0 Å². The van der Waals surface area contributed by atoms with E-state index in [9.17, 15) is 0 Å². The Balaban J connectivity index is 0.000000168. The minimum absolute atomic E-state index is 1.05. The first-order chi connectivity index (χ1) is 5.70. The van der Waals surface area contributed by atoms with E-state index in [4.69, 9.17) is 0 Å². The van der Waals surface area contributed by atoms with Gasteiger partial charge < -0.3 is 0 Å². The fourth-order valence-corrected chi connectivity index (χ4v) is 1.12. The first-order valence-electron chi connectivity index (χ1n) is 5.70. The molecule has 74 valence electrons. The standard InChI is InChI=1S/2C5H10.C2H6/c1-4-3-5(4)2;1-5-3-2-4-5;1-2/h4-5H,3H2,1-2H3;5H,2-4H2,1H3;1-2H3. The molecule has 2 aliphatic rings. The lowest BCUT2D eigenvalue weighted by Gasteiger charge is -2.18. The van der Waals surface area contributed by atoms with Crippen LogP contribution in [0.15, 0.2) is 0 Å². The van der Waals surface area contributed by atoms with Crippen molar-refractivity contribution in [1.29, 1.82) is 0 Å². The van der Waals surface area contributed by atoms with E-state index < -0.39 is 0 Å². The SMILES string of the molecule is CC.CC1CC1C.CC1CCC1. The van der Waals surface area contributed by atoms with Crippen LogP contribution < -0.4 is 0 Å². The Kier molecular flexibility index (Phi) is 6.51. The van der Waals surface area contributed by atoms with Gasteiger partial charge in [0.15, 0.2) is 0 Å². The lowest BCUT2D eigenvalue weighted by atomic mass is 9.88. The van der Waals surface area contributed by atoms with Crippen LogP contribution in [-0.2, 0) is 0 Å². The average Bonchev–Trinajstić information content (AvgIpc) is 2.66. The van der Waals surface area contributed by atoms with Crippen LogP contribution in [-0.4, -0.2) is 0 Å². The average molecular weight is 170 g/mol. The molecule has 2 unspecified atom stereocenters. The van der Waals surface area contributed by atoms with Gasteiger partial charge in [0.2, 0.25) is 0 Å². The molecule has 0 heterocycles. The molecule has 0 spiro atoms. The second-order valence-corrected chi connectivity index (χ2v) is 4.23. The lowest BCUT2D eigenvalue weighted by molar-refractivity contribution is 0.346. The molecule has 0 saturated heterocycles. The van der Waals surface area contributed by atoms with Crippen molar-refractivity contribution in [1.82, 2.24) is 0 Å². The number of hydrogen-bond acceptors (Lipinski definition) is 0. The third kappa shape index (κ3) is 5.62. The molecule has 0 aromatic rings. The van der Waals surface area contributed by atoms with Crippen molar-refractivity contribution in [3.63, 3.8) is 0 Å². The predicted octanol–water partition coefficient (Wildman–Crippen LogP) is 4.49. The van der Waals surface area contributed by atoms with E-state index in [1.807, 2.05) is 13.8 Å². The van der Waals surface area contributed by atoms with Crippen molar-refractivity contribution in [2.45, 2.75) is 60.3 Å². The number of hydrogen-bond donors (Lipinski definition) is 0. The molecule has 2 aliphatic carbocycles. The van der Waals surface area contributed by atoms with Crippen LogP contribution in [0.4, 0.5) is 0 Å². The molecule has 2 fully saturated rings. The Morgan fingerprint density at radius 2 is 1.08 bits per heavy atom. The molecule has 0 amide bonds. The maximum atomic E-state index is 2.31. The van der Waals surface area contributed by atoms with Gasteiger partial charge in [0.25, 0.3) is 0 Å². The molecular weight excluding hydrogens is 144 g/mol. The topological polar surface area (TPSA) is 0 Å². The molecule has 0 aromatic heterocycles. The maximum Gasteiger partial charge on any atom is -0.0414 e. The zero-order valence-electron chi connectivity index (χ0n) is 9.56. The van der Waals surface area contributed by atoms with Gasteiger partial charge in [-0.2, -0.15) is 0 Å². The highest BCUT2D eigenvalue weighted by Gasteiger charge is 2.26. The second-order valence-electron chi connectivity index (χ2n) is 4.23. The largest absolute Gasteiger partial charge is 0.0683 e. The summed E-state index contributed by atoms with van der Waals surface area (Å²) in [6.45, 7) is 10.9. The van der Waals surface area contributed by atoms with Crippen molar-refractivity contribution < 1.29 is 0 Å². The Labute approximate surface area is 78.8 Å². The Hall–Kier alpha value is 0. The molecule has 0 radical (unpaired) electrons. The van der Waals surface area contributed by atoms with Gasteiger partial charge >= 0.3 is 0 Å². The minimum atomic E-state index is 1.05. The van der Waals surface area contributed by atoms with Crippen LogP contribution in [0.1, 0.15) is 60.3 Å². The Morgan fingerprint density at radius 3 is 1.08 bits per heavy atom. The maximum absolute atomic E-state index is 2.31. The van der Waals surface area contributed by atoms with Crippen LogP contribution in [0.3, 0.4) is 0 Å². The van der Waals surface area contributed by atoms with E-state index >= 15 is 0 Å². The monoisotopic (exact) mass is 170 g/mol. The highest BCUT2D eigenvalue weighted by atomic mass is 14.3. The number of rotatable bonds is 0. The molecule has 2 atom stereocenters. The third-order valence-corrected chi connectivity index (χ3v) is 2.91. The van der Waals surface area contributed by atoms with Gasteiger partial charge in [-0.05, 0) is 24.2 Å². The summed E-state index contributed by atoms with van der Waals surface area (Å²) >= 11 is 0. The highest BCUT2D eigenvalue weighted by molar-refractivity contribution is 4.76. The van der Waals surface area contributed by atoms with E-state index in [0.29, 0.717) is 0 Å². The molecular formula is C12H26. The molecule has 2 saturated carbocycles. The van der Waals surface area contributed by atoms with Crippen molar-refractivity contribution in [2.75, 3.05) is 0 Å². The van der Waals surface area contributed by atoms with E-state index in [2.05, 4.69) is 20.8 Å². The summed E-state index contributed by atoms with van der Waals surface area (Å²) in [7, 11) is 0. The molecule has 12 heavy (non-hydrogen) atoms. The van der Waals surface area contributed by atoms with Crippen LogP contribution in [0.5, 0.6) is 0 Å². The molecule has 0 N–H and O–H groups in total. The molecule has 0 aromatic carbocycles. The summed E-state index contributed by atoms with van der Waals surface area (Å²) < 4.78 is 0. The summed E-state index contributed by atoms with van der Waals surface area (Å²) in [4.78, 5) is 0. The lowest BCUT2D eigenvalue weighted by Crippen LogP contribution is -2.04. The summed E-state index contributed by atoms with van der Waals surface area (Å²) in [5, 5.41) is 0. The Bertz CT molecular complexity index is 82.2. The second kappa shape index (κ2) is 6.51. The highest BCUT2D eigenvalue weighted by Crippen LogP contribution is 2.36. The van der Waals surface area contributed by atoms with Crippen LogP contribution >= 0.6 is 0 Å². The summed E-state index contributed by atoms with van der Waals surface area (Å²) in [5.41, 5.74) is 0. The first-order valence-corrected chi connectivity index (χ1v) is 5.70. The zero-order chi connectivity index (χ0) is 9.56. The molecule has 0 bridgehead atoms. The Morgan fingerprint density at radius 1 is 0.833 bits per heavy atom. The van der Waals surface area contributed by atoms with Crippen LogP contribution in [0.2, 0.25) is 0 Å².